The van der Waals surface area contributed by atoms with Crippen molar-refractivity contribution in [2.45, 2.75) is 13.1 Å². The summed E-state index contributed by atoms with van der Waals surface area (Å²) in [6.07, 6.45) is 0. The molecule has 0 bridgehead atoms. The number of carbonyl (C=O) groups is 1. The van der Waals surface area contributed by atoms with Gasteiger partial charge in [-0.25, -0.2) is 0 Å². The van der Waals surface area contributed by atoms with E-state index in [1.807, 2.05) is 83.8 Å². The molecular weight excluding hydrogens is 298 g/mol. The van der Waals surface area contributed by atoms with Gasteiger partial charge in [-0.3, -0.25) is 4.79 Å². The summed E-state index contributed by atoms with van der Waals surface area (Å²) in [5.74, 6) is 1.68. The van der Waals surface area contributed by atoms with E-state index in [1.165, 1.54) is 0 Å². The van der Waals surface area contributed by atoms with Gasteiger partial charge in [0.1, 0.15) is 11.5 Å². The Morgan fingerprint density at radius 1 is 0.833 bits per heavy atom. The highest BCUT2D eigenvalue weighted by atomic mass is 16.5. The summed E-state index contributed by atoms with van der Waals surface area (Å²) in [4.78, 5) is 14.3. The van der Waals surface area contributed by atoms with Crippen LogP contribution in [-0.4, -0.2) is 10.8 Å². The fourth-order valence-corrected chi connectivity index (χ4v) is 2.99. The Morgan fingerprint density at radius 2 is 1.58 bits per heavy atom. The number of carbonyl (C=O) groups excluding carboxylic acids is 1. The van der Waals surface area contributed by atoms with Crippen molar-refractivity contribution in [3.8, 4) is 11.5 Å². The van der Waals surface area contributed by atoms with Gasteiger partial charge in [-0.05, 0) is 41.5 Å². The third-order valence-electron chi connectivity index (χ3n) is 4.15. The van der Waals surface area contributed by atoms with Gasteiger partial charge in [-0.15, -0.1) is 0 Å². The largest absolute Gasteiger partial charge is 0.457 e. The molecule has 3 aromatic carbocycles. The standard InChI is InChI=1S/C21H17NO2/c23-21-20-12-5-4-8-17(20)15-22(21)14-16-7-6-11-19(13-16)24-18-9-2-1-3-10-18/h1-13H,14-15H2. The van der Waals surface area contributed by atoms with Crippen LogP contribution in [0.2, 0.25) is 0 Å². The Morgan fingerprint density at radius 3 is 2.42 bits per heavy atom. The predicted octanol–water partition coefficient (Wildman–Crippen LogP) is 4.63. The number of rotatable bonds is 4. The van der Waals surface area contributed by atoms with E-state index in [0.717, 1.165) is 28.2 Å². The molecule has 1 amide bonds. The van der Waals surface area contributed by atoms with Crippen LogP contribution in [0.15, 0.2) is 78.9 Å². The van der Waals surface area contributed by atoms with Gasteiger partial charge in [0.25, 0.3) is 5.91 Å². The van der Waals surface area contributed by atoms with Crippen molar-refractivity contribution in [1.29, 1.82) is 0 Å². The van der Waals surface area contributed by atoms with E-state index < -0.39 is 0 Å². The van der Waals surface area contributed by atoms with Crippen LogP contribution in [0.3, 0.4) is 0 Å². The molecule has 0 saturated heterocycles. The molecule has 3 aromatic rings. The molecular formula is C21H17NO2. The third-order valence-corrected chi connectivity index (χ3v) is 4.15. The summed E-state index contributed by atoms with van der Waals surface area (Å²) in [7, 11) is 0. The summed E-state index contributed by atoms with van der Waals surface area (Å²) in [5.41, 5.74) is 2.97. The number of nitrogens with zero attached hydrogens (tertiary/aromatic N) is 1. The van der Waals surface area contributed by atoms with Crippen molar-refractivity contribution >= 4 is 5.91 Å². The number of amides is 1. The second kappa shape index (κ2) is 6.20. The molecule has 1 heterocycles. The topological polar surface area (TPSA) is 29.5 Å². The summed E-state index contributed by atoms with van der Waals surface area (Å²) in [5, 5.41) is 0. The zero-order valence-corrected chi connectivity index (χ0v) is 13.2. The number of para-hydroxylation sites is 1. The van der Waals surface area contributed by atoms with Gasteiger partial charge in [0.2, 0.25) is 0 Å². The van der Waals surface area contributed by atoms with Crippen LogP contribution in [0.25, 0.3) is 0 Å². The monoisotopic (exact) mass is 315 g/mol. The molecule has 1 aliphatic heterocycles. The van der Waals surface area contributed by atoms with E-state index in [2.05, 4.69) is 0 Å². The summed E-state index contributed by atoms with van der Waals surface area (Å²) in [6, 6.07) is 25.4. The molecule has 118 valence electrons. The van der Waals surface area contributed by atoms with E-state index in [-0.39, 0.29) is 5.91 Å². The molecule has 0 radical (unpaired) electrons. The Bertz CT molecular complexity index is 874. The molecule has 0 N–H and O–H groups in total. The van der Waals surface area contributed by atoms with E-state index in [0.29, 0.717) is 13.1 Å². The maximum absolute atomic E-state index is 12.5. The highest BCUT2D eigenvalue weighted by molar-refractivity contribution is 5.98. The number of hydrogen-bond acceptors (Lipinski definition) is 2. The second-order valence-electron chi connectivity index (χ2n) is 5.88. The third kappa shape index (κ3) is 2.88. The molecule has 3 nitrogen and oxygen atoms in total. The fourth-order valence-electron chi connectivity index (χ4n) is 2.99. The van der Waals surface area contributed by atoms with Gasteiger partial charge in [0.15, 0.2) is 0 Å². The zero-order chi connectivity index (χ0) is 16.4. The van der Waals surface area contributed by atoms with Crippen LogP contribution in [0.5, 0.6) is 11.5 Å². The van der Waals surface area contributed by atoms with Gasteiger partial charge < -0.3 is 9.64 Å². The van der Waals surface area contributed by atoms with Crippen molar-refractivity contribution < 1.29 is 9.53 Å². The maximum Gasteiger partial charge on any atom is 0.254 e. The van der Waals surface area contributed by atoms with Crippen LogP contribution in [0, 0.1) is 0 Å². The zero-order valence-electron chi connectivity index (χ0n) is 13.2. The van der Waals surface area contributed by atoms with Crippen LogP contribution in [0.1, 0.15) is 21.5 Å². The van der Waals surface area contributed by atoms with Crippen molar-refractivity contribution in [2.24, 2.45) is 0 Å². The maximum atomic E-state index is 12.5. The first-order valence-electron chi connectivity index (χ1n) is 7.98. The minimum atomic E-state index is 0.0972. The van der Waals surface area contributed by atoms with E-state index in [4.69, 9.17) is 4.74 Å². The van der Waals surface area contributed by atoms with Gasteiger partial charge in [0.05, 0.1) is 0 Å². The van der Waals surface area contributed by atoms with Crippen LogP contribution in [0.4, 0.5) is 0 Å². The lowest BCUT2D eigenvalue weighted by Gasteiger charge is -2.16. The molecule has 24 heavy (non-hydrogen) atoms. The van der Waals surface area contributed by atoms with E-state index >= 15 is 0 Å². The molecule has 0 aromatic heterocycles. The smallest absolute Gasteiger partial charge is 0.254 e. The highest BCUT2D eigenvalue weighted by Gasteiger charge is 2.26. The lowest BCUT2D eigenvalue weighted by atomic mass is 10.1. The molecule has 4 rings (SSSR count). The van der Waals surface area contributed by atoms with Crippen molar-refractivity contribution in [1.82, 2.24) is 4.90 Å². The number of hydrogen-bond donors (Lipinski definition) is 0. The molecule has 0 saturated carbocycles. The number of benzene rings is 3. The Hall–Kier alpha value is -3.07. The highest BCUT2D eigenvalue weighted by Crippen LogP contribution is 2.26. The SMILES string of the molecule is O=C1c2ccccc2CN1Cc1cccc(Oc2ccccc2)c1. The van der Waals surface area contributed by atoms with Crippen molar-refractivity contribution in [3.05, 3.63) is 95.6 Å². The molecule has 0 unspecified atom stereocenters. The minimum absolute atomic E-state index is 0.0972. The first kappa shape index (κ1) is 14.5. The summed E-state index contributed by atoms with van der Waals surface area (Å²) < 4.78 is 5.87. The predicted molar refractivity (Wildman–Crippen MR) is 93.0 cm³/mol. The first-order chi connectivity index (χ1) is 11.8. The molecule has 1 aliphatic rings. The minimum Gasteiger partial charge on any atom is -0.457 e. The van der Waals surface area contributed by atoms with Crippen LogP contribution in [-0.2, 0) is 13.1 Å². The van der Waals surface area contributed by atoms with Gasteiger partial charge >= 0.3 is 0 Å². The van der Waals surface area contributed by atoms with Gasteiger partial charge in [-0.1, -0.05) is 48.5 Å². The average Bonchev–Trinajstić information content (AvgIpc) is 2.92. The Balaban J connectivity index is 1.50. The van der Waals surface area contributed by atoms with Crippen molar-refractivity contribution in [2.75, 3.05) is 0 Å². The Kier molecular flexibility index (Phi) is 3.75. The van der Waals surface area contributed by atoms with Gasteiger partial charge in [0, 0.05) is 18.7 Å². The van der Waals surface area contributed by atoms with Crippen LogP contribution < -0.4 is 4.74 Å². The molecule has 0 aliphatic carbocycles. The molecule has 0 fully saturated rings. The summed E-state index contributed by atoms with van der Waals surface area (Å²) in [6.45, 7) is 1.25. The number of ether oxygens (including phenoxy) is 1. The molecule has 0 spiro atoms. The molecule has 3 heteroatoms. The van der Waals surface area contributed by atoms with Crippen molar-refractivity contribution in [3.63, 3.8) is 0 Å². The second-order valence-corrected chi connectivity index (χ2v) is 5.88. The quantitative estimate of drug-likeness (QED) is 0.702. The summed E-state index contributed by atoms with van der Waals surface area (Å²) >= 11 is 0. The van der Waals surface area contributed by atoms with Crippen LogP contribution >= 0.6 is 0 Å². The number of fused-ring (bicyclic) bond motifs is 1. The van der Waals surface area contributed by atoms with E-state index in [9.17, 15) is 4.79 Å². The normalized spacial score (nSPS) is 13.0. The van der Waals surface area contributed by atoms with Gasteiger partial charge in [-0.2, -0.15) is 0 Å². The average molecular weight is 315 g/mol. The lowest BCUT2D eigenvalue weighted by molar-refractivity contribution is 0.0766. The first-order valence-corrected chi connectivity index (χ1v) is 7.98. The lowest BCUT2D eigenvalue weighted by Crippen LogP contribution is -2.23. The Labute approximate surface area is 141 Å². The molecule has 0 atom stereocenters. The van der Waals surface area contributed by atoms with E-state index in [1.54, 1.807) is 0 Å². The fraction of sp³-hybridized carbons (Fsp3) is 0.0952.